The van der Waals surface area contributed by atoms with Crippen LogP contribution >= 0.6 is 22.6 Å². The molecule has 0 bridgehead atoms. The van der Waals surface area contributed by atoms with Gasteiger partial charge in [-0.2, -0.15) is 0 Å². The van der Waals surface area contributed by atoms with Crippen molar-refractivity contribution in [1.29, 1.82) is 0 Å². The summed E-state index contributed by atoms with van der Waals surface area (Å²) in [6, 6.07) is 0. The molecule has 98 valence electrons. The Balaban J connectivity index is 3.26. The van der Waals surface area contributed by atoms with Crippen LogP contribution in [0, 0.1) is 5.92 Å². The molecule has 1 atom stereocenters. The molecule has 0 aliphatic heterocycles. The van der Waals surface area contributed by atoms with Gasteiger partial charge >= 0.3 is 0 Å². The van der Waals surface area contributed by atoms with Crippen LogP contribution < -0.4 is 0 Å². The van der Waals surface area contributed by atoms with Gasteiger partial charge in [-0.25, -0.2) is 0 Å². The molecule has 0 saturated carbocycles. The van der Waals surface area contributed by atoms with Gasteiger partial charge in [0.05, 0.1) is 0 Å². The maximum atomic E-state index is 2.49. The van der Waals surface area contributed by atoms with E-state index in [1.54, 1.807) is 0 Å². The highest BCUT2D eigenvalue weighted by atomic mass is 127. The molecule has 0 aromatic heterocycles. The van der Waals surface area contributed by atoms with Crippen LogP contribution in [0.15, 0.2) is 0 Å². The van der Waals surface area contributed by atoms with E-state index in [0.29, 0.717) is 0 Å². The van der Waals surface area contributed by atoms with Crippen molar-refractivity contribution in [1.82, 2.24) is 0 Å². The summed E-state index contributed by atoms with van der Waals surface area (Å²) in [6.07, 6.45) is 15.9. The van der Waals surface area contributed by atoms with Crippen LogP contribution in [0.3, 0.4) is 0 Å². The minimum Gasteiger partial charge on any atom is -0.0864 e. The first kappa shape index (κ1) is 16.7. The molecule has 0 N–H and O–H groups in total. The molecule has 0 rings (SSSR count). The Kier molecular flexibility index (Phi) is 14.4. The minimum absolute atomic E-state index is 1.02. The fourth-order valence-corrected chi connectivity index (χ4v) is 2.83. The van der Waals surface area contributed by atoms with E-state index in [4.69, 9.17) is 0 Å². The number of halogens is 1. The maximum absolute atomic E-state index is 2.49. The number of hydrogen-bond acceptors (Lipinski definition) is 0. The molecule has 0 spiro atoms. The standard InChI is InChI=1S/C15H31I/c1-3-5-6-7-8-9-12-15(4-2)13-10-11-14-16/h15H,3-14H2,1-2H3. The second kappa shape index (κ2) is 13.8. The summed E-state index contributed by atoms with van der Waals surface area (Å²) in [4.78, 5) is 0. The van der Waals surface area contributed by atoms with E-state index in [0.717, 1.165) is 5.92 Å². The largest absolute Gasteiger partial charge is 0.0864 e. The molecule has 0 aromatic carbocycles. The summed E-state index contributed by atoms with van der Waals surface area (Å²) < 4.78 is 1.34. The van der Waals surface area contributed by atoms with E-state index in [1.165, 1.54) is 75.1 Å². The van der Waals surface area contributed by atoms with E-state index in [9.17, 15) is 0 Å². The molecular formula is C15H31I. The van der Waals surface area contributed by atoms with Crippen molar-refractivity contribution in [2.24, 2.45) is 5.92 Å². The predicted octanol–water partition coefficient (Wildman–Crippen LogP) is 6.37. The average Bonchev–Trinajstić information content (AvgIpc) is 2.31. The third kappa shape index (κ3) is 11.2. The van der Waals surface area contributed by atoms with Gasteiger partial charge in [0, 0.05) is 0 Å². The van der Waals surface area contributed by atoms with Crippen LogP contribution in [0.4, 0.5) is 0 Å². The normalized spacial score (nSPS) is 12.9. The van der Waals surface area contributed by atoms with Crippen LogP contribution in [-0.4, -0.2) is 4.43 Å². The third-order valence-corrected chi connectivity index (χ3v) is 4.30. The molecule has 0 fully saturated rings. The third-order valence-electron chi connectivity index (χ3n) is 3.54. The van der Waals surface area contributed by atoms with E-state index in [-0.39, 0.29) is 0 Å². The number of alkyl halides is 1. The lowest BCUT2D eigenvalue weighted by molar-refractivity contribution is 0.401. The van der Waals surface area contributed by atoms with Crippen molar-refractivity contribution < 1.29 is 0 Å². The highest BCUT2D eigenvalue weighted by Crippen LogP contribution is 2.20. The monoisotopic (exact) mass is 338 g/mol. The van der Waals surface area contributed by atoms with Crippen LogP contribution in [-0.2, 0) is 0 Å². The Hall–Kier alpha value is 0.730. The van der Waals surface area contributed by atoms with Gasteiger partial charge in [0.1, 0.15) is 0 Å². The van der Waals surface area contributed by atoms with Crippen LogP contribution in [0.25, 0.3) is 0 Å². The summed E-state index contributed by atoms with van der Waals surface area (Å²) in [5.74, 6) is 1.02. The van der Waals surface area contributed by atoms with Gasteiger partial charge in [0.15, 0.2) is 0 Å². The van der Waals surface area contributed by atoms with Crippen molar-refractivity contribution in [3.63, 3.8) is 0 Å². The predicted molar refractivity (Wildman–Crippen MR) is 84.5 cm³/mol. The molecular weight excluding hydrogens is 307 g/mol. The van der Waals surface area contributed by atoms with Gasteiger partial charge in [0.2, 0.25) is 0 Å². The highest BCUT2D eigenvalue weighted by molar-refractivity contribution is 14.1. The molecule has 0 aliphatic rings. The first-order chi connectivity index (χ1) is 7.85. The van der Waals surface area contributed by atoms with E-state index < -0.39 is 0 Å². The summed E-state index contributed by atoms with van der Waals surface area (Å²) in [7, 11) is 0. The molecule has 1 heteroatoms. The number of rotatable bonds is 12. The van der Waals surface area contributed by atoms with Gasteiger partial charge in [-0.1, -0.05) is 101 Å². The van der Waals surface area contributed by atoms with Crippen molar-refractivity contribution in [2.75, 3.05) is 4.43 Å². The molecule has 1 unspecified atom stereocenters. The fourth-order valence-electron chi connectivity index (χ4n) is 2.29. The van der Waals surface area contributed by atoms with Crippen LogP contribution in [0.5, 0.6) is 0 Å². The van der Waals surface area contributed by atoms with Gasteiger partial charge in [0.25, 0.3) is 0 Å². The van der Waals surface area contributed by atoms with Gasteiger partial charge in [-0.15, -0.1) is 0 Å². The van der Waals surface area contributed by atoms with E-state index >= 15 is 0 Å². The quantitative estimate of drug-likeness (QED) is 0.220. The van der Waals surface area contributed by atoms with Crippen molar-refractivity contribution in [3.05, 3.63) is 0 Å². The second-order valence-corrected chi connectivity index (χ2v) is 6.09. The fraction of sp³-hybridized carbons (Fsp3) is 1.00. The lowest BCUT2D eigenvalue weighted by Gasteiger charge is -2.14. The van der Waals surface area contributed by atoms with Crippen LogP contribution in [0.2, 0.25) is 0 Å². The van der Waals surface area contributed by atoms with Crippen molar-refractivity contribution >= 4 is 22.6 Å². The van der Waals surface area contributed by atoms with Crippen molar-refractivity contribution in [3.8, 4) is 0 Å². The zero-order chi connectivity index (χ0) is 12.1. The molecule has 0 nitrogen and oxygen atoms in total. The molecule has 0 saturated heterocycles. The molecule has 0 radical (unpaired) electrons. The van der Waals surface area contributed by atoms with E-state index in [2.05, 4.69) is 36.4 Å². The summed E-state index contributed by atoms with van der Waals surface area (Å²) in [5, 5.41) is 0. The maximum Gasteiger partial charge on any atom is -0.000473 e. The smallest absolute Gasteiger partial charge is 0.000473 e. The van der Waals surface area contributed by atoms with Gasteiger partial charge in [-0.3, -0.25) is 0 Å². The molecule has 0 aromatic rings. The highest BCUT2D eigenvalue weighted by Gasteiger charge is 2.05. The lowest BCUT2D eigenvalue weighted by atomic mass is 9.93. The number of hydrogen-bond donors (Lipinski definition) is 0. The number of unbranched alkanes of at least 4 members (excludes halogenated alkanes) is 6. The summed E-state index contributed by atoms with van der Waals surface area (Å²) in [5.41, 5.74) is 0. The minimum atomic E-state index is 1.02. The zero-order valence-electron chi connectivity index (χ0n) is 11.4. The van der Waals surface area contributed by atoms with Gasteiger partial charge in [-0.05, 0) is 16.8 Å². The Morgan fingerprint density at radius 1 is 0.750 bits per heavy atom. The Labute approximate surface area is 117 Å². The topological polar surface area (TPSA) is 0 Å². The Morgan fingerprint density at radius 3 is 1.88 bits per heavy atom. The van der Waals surface area contributed by atoms with E-state index in [1.807, 2.05) is 0 Å². The first-order valence-corrected chi connectivity index (χ1v) is 8.93. The zero-order valence-corrected chi connectivity index (χ0v) is 13.6. The molecule has 0 amide bonds. The Morgan fingerprint density at radius 2 is 1.31 bits per heavy atom. The second-order valence-electron chi connectivity index (χ2n) is 5.02. The average molecular weight is 338 g/mol. The van der Waals surface area contributed by atoms with Crippen LogP contribution in [0.1, 0.15) is 84.5 Å². The summed E-state index contributed by atoms with van der Waals surface area (Å²) >= 11 is 2.49. The van der Waals surface area contributed by atoms with Gasteiger partial charge < -0.3 is 0 Å². The molecule has 0 aliphatic carbocycles. The molecule has 16 heavy (non-hydrogen) atoms. The first-order valence-electron chi connectivity index (χ1n) is 7.41. The SMILES string of the molecule is CCCCCCCCC(CC)CCCCI. The Bertz CT molecular complexity index is 123. The lowest BCUT2D eigenvalue weighted by Crippen LogP contribution is -1.99. The summed E-state index contributed by atoms with van der Waals surface area (Å²) in [6.45, 7) is 4.66. The van der Waals surface area contributed by atoms with Crippen molar-refractivity contribution in [2.45, 2.75) is 84.5 Å². The molecule has 0 heterocycles.